The third-order valence-electron chi connectivity index (χ3n) is 7.11. The van der Waals surface area contributed by atoms with Gasteiger partial charge in [0.05, 0.1) is 18.9 Å². The van der Waals surface area contributed by atoms with Crippen LogP contribution < -0.4 is 0 Å². The van der Waals surface area contributed by atoms with Gasteiger partial charge in [-0.15, -0.1) is 0 Å². The first-order valence-electron chi connectivity index (χ1n) is 12.2. The lowest BCUT2D eigenvalue weighted by molar-refractivity contribution is 0.0422. The summed E-state index contributed by atoms with van der Waals surface area (Å²) in [7, 11) is 0. The van der Waals surface area contributed by atoms with Gasteiger partial charge in [0.2, 0.25) is 0 Å². The smallest absolute Gasteiger partial charge is 0.253 e. The van der Waals surface area contributed by atoms with Crippen LogP contribution in [0.5, 0.6) is 0 Å². The molecule has 0 spiro atoms. The molecule has 1 aliphatic carbocycles. The number of rotatable bonds is 5. The number of aromatic nitrogens is 1. The predicted molar refractivity (Wildman–Crippen MR) is 131 cm³/mol. The standard InChI is InChI=1S/C27H34N4O2/c1-20(2)30-9-11-31(12-10-30)27(32)23-5-3-22(4-6-23)26-25-18-21(17-24(25)7-8-28-26)19-29-13-15-33-16-14-29/h3-8,18,20H,9-17,19H2,1-2H3. The maximum absolute atomic E-state index is 13.0. The van der Waals surface area contributed by atoms with Gasteiger partial charge >= 0.3 is 0 Å². The van der Waals surface area contributed by atoms with Crippen molar-refractivity contribution in [3.05, 3.63) is 58.8 Å². The van der Waals surface area contributed by atoms with E-state index in [1.807, 2.05) is 35.4 Å². The Kier molecular flexibility index (Phi) is 6.58. The van der Waals surface area contributed by atoms with E-state index in [0.29, 0.717) is 6.04 Å². The maximum Gasteiger partial charge on any atom is 0.253 e. The van der Waals surface area contributed by atoms with Crippen LogP contribution in [0.25, 0.3) is 17.3 Å². The van der Waals surface area contributed by atoms with Gasteiger partial charge in [-0.2, -0.15) is 0 Å². The Morgan fingerprint density at radius 1 is 1.00 bits per heavy atom. The number of morpholine rings is 1. The first-order valence-corrected chi connectivity index (χ1v) is 12.2. The third-order valence-corrected chi connectivity index (χ3v) is 7.11. The zero-order chi connectivity index (χ0) is 22.8. The molecule has 3 aliphatic rings. The second-order valence-electron chi connectivity index (χ2n) is 9.60. The number of pyridine rings is 1. The lowest BCUT2D eigenvalue weighted by atomic mass is 10.0. The molecule has 6 nitrogen and oxygen atoms in total. The van der Waals surface area contributed by atoms with Crippen molar-refractivity contribution in [1.29, 1.82) is 0 Å². The fourth-order valence-electron chi connectivity index (χ4n) is 5.10. The molecule has 0 bridgehead atoms. The van der Waals surface area contributed by atoms with E-state index in [-0.39, 0.29) is 5.91 Å². The van der Waals surface area contributed by atoms with Crippen LogP contribution in [0.1, 0.15) is 35.3 Å². The summed E-state index contributed by atoms with van der Waals surface area (Å²) in [5, 5.41) is 0. The van der Waals surface area contributed by atoms with Crippen LogP contribution in [-0.4, -0.2) is 90.7 Å². The van der Waals surface area contributed by atoms with Crippen molar-refractivity contribution >= 4 is 12.0 Å². The molecule has 0 saturated carbocycles. The van der Waals surface area contributed by atoms with Crippen molar-refractivity contribution < 1.29 is 9.53 Å². The van der Waals surface area contributed by atoms with Gasteiger partial charge in [-0.25, -0.2) is 0 Å². The van der Waals surface area contributed by atoms with Crippen LogP contribution >= 0.6 is 0 Å². The van der Waals surface area contributed by atoms with Crippen LogP contribution in [0, 0.1) is 0 Å². The van der Waals surface area contributed by atoms with Gasteiger partial charge in [0, 0.05) is 74.7 Å². The Morgan fingerprint density at radius 3 is 2.42 bits per heavy atom. The van der Waals surface area contributed by atoms with Crippen molar-refractivity contribution in [2.75, 3.05) is 59.0 Å². The van der Waals surface area contributed by atoms with Crippen molar-refractivity contribution in [1.82, 2.24) is 19.7 Å². The summed E-state index contributed by atoms with van der Waals surface area (Å²) < 4.78 is 5.48. The van der Waals surface area contributed by atoms with Crippen LogP contribution in [0.4, 0.5) is 0 Å². The lowest BCUT2D eigenvalue weighted by Crippen LogP contribution is -2.50. The van der Waals surface area contributed by atoms with Crippen LogP contribution in [0.3, 0.4) is 0 Å². The van der Waals surface area contributed by atoms with E-state index in [1.54, 1.807) is 0 Å². The van der Waals surface area contributed by atoms with Gasteiger partial charge in [-0.1, -0.05) is 23.8 Å². The highest BCUT2D eigenvalue weighted by Gasteiger charge is 2.24. The first-order chi connectivity index (χ1) is 16.1. The zero-order valence-electron chi connectivity index (χ0n) is 19.8. The summed E-state index contributed by atoms with van der Waals surface area (Å²) in [6.07, 6.45) is 5.22. The second-order valence-corrected chi connectivity index (χ2v) is 9.60. The molecule has 0 N–H and O–H groups in total. The minimum absolute atomic E-state index is 0.129. The lowest BCUT2D eigenvalue weighted by Gasteiger charge is -2.37. The fraction of sp³-hybridized carbons (Fsp3) is 0.481. The van der Waals surface area contributed by atoms with E-state index in [4.69, 9.17) is 9.72 Å². The number of hydrogen-bond donors (Lipinski definition) is 0. The molecule has 5 rings (SSSR count). The van der Waals surface area contributed by atoms with Crippen molar-refractivity contribution in [2.45, 2.75) is 26.3 Å². The van der Waals surface area contributed by atoms with Gasteiger partial charge < -0.3 is 9.64 Å². The van der Waals surface area contributed by atoms with Gasteiger partial charge in [0.15, 0.2) is 0 Å². The molecule has 0 unspecified atom stereocenters. The molecule has 1 aromatic heterocycles. The minimum atomic E-state index is 0.129. The highest BCUT2D eigenvalue weighted by molar-refractivity contribution is 5.95. The molecule has 0 atom stereocenters. The van der Waals surface area contributed by atoms with Crippen molar-refractivity contribution in [3.8, 4) is 11.3 Å². The number of hydrogen-bond acceptors (Lipinski definition) is 5. The van der Waals surface area contributed by atoms with Crippen LogP contribution in [-0.2, 0) is 11.2 Å². The molecule has 3 heterocycles. The average Bonchev–Trinajstić information content (AvgIpc) is 3.27. The highest BCUT2D eigenvalue weighted by Crippen LogP contribution is 2.33. The van der Waals surface area contributed by atoms with E-state index in [2.05, 4.69) is 35.8 Å². The van der Waals surface area contributed by atoms with E-state index < -0.39 is 0 Å². The van der Waals surface area contributed by atoms with Gasteiger partial charge in [0.1, 0.15) is 0 Å². The number of carbonyl (C=O) groups excluding carboxylic acids is 1. The number of benzene rings is 1. The Labute approximate surface area is 196 Å². The Balaban J connectivity index is 1.29. The van der Waals surface area contributed by atoms with E-state index >= 15 is 0 Å². The van der Waals surface area contributed by atoms with Gasteiger partial charge in [-0.3, -0.25) is 19.6 Å². The topological polar surface area (TPSA) is 48.9 Å². The summed E-state index contributed by atoms with van der Waals surface area (Å²) in [4.78, 5) is 24.6. The monoisotopic (exact) mass is 446 g/mol. The summed E-state index contributed by atoms with van der Waals surface area (Å²) in [6, 6.07) is 10.7. The largest absolute Gasteiger partial charge is 0.379 e. The highest BCUT2D eigenvalue weighted by atomic mass is 16.5. The summed E-state index contributed by atoms with van der Waals surface area (Å²) in [5.74, 6) is 0.129. The van der Waals surface area contributed by atoms with E-state index in [0.717, 1.165) is 82.3 Å². The zero-order valence-corrected chi connectivity index (χ0v) is 19.8. The van der Waals surface area contributed by atoms with E-state index in [1.165, 1.54) is 16.7 Å². The molecule has 2 fully saturated rings. The molecule has 1 amide bonds. The third kappa shape index (κ3) is 4.88. The molecule has 2 aliphatic heterocycles. The first kappa shape index (κ1) is 22.3. The molecule has 0 radical (unpaired) electrons. The van der Waals surface area contributed by atoms with Crippen LogP contribution in [0.2, 0.25) is 0 Å². The van der Waals surface area contributed by atoms with E-state index in [9.17, 15) is 4.79 Å². The molecule has 6 heteroatoms. The molecule has 2 saturated heterocycles. The van der Waals surface area contributed by atoms with Gasteiger partial charge in [-0.05, 0) is 44.0 Å². The summed E-state index contributed by atoms with van der Waals surface area (Å²) in [5.41, 5.74) is 6.84. The Morgan fingerprint density at radius 2 is 1.73 bits per heavy atom. The van der Waals surface area contributed by atoms with Crippen molar-refractivity contribution in [3.63, 3.8) is 0 Å². The summed E-state index contributed by atoms with van der Waals surface area (Å²) >= 11 is 0. The minimum Gasteiger partial charge on any atom is -0.379 e. The Bertz CT molecular complexity index is 1020. The fourth-order valence-corrected chi connectivity index (χ4v) is 5.10. The molecule has 33 heavy (non-hydrogen) atoms. The predicted octanol–water partition coefficient (Wildman–Crippen LogP) is 3.19. The second kappa shape index (κ2) is 9.75. The number of fused-ring (bicyclic) bond motifs is 1. The number of amides is 1. The molecule has 1 aromatic carbocycles. The van der Waals surface area contributed by atoms with Crippen LogP contribution in [0.15, 0.2) is 42.1 Å². The SMILES string of the molecule is CC(C)N1CCN(C(=O)c2ccc(-c3nccc4c3C=C(CN3CCOCC3)C4)cc2)CC1. The molecular formula is C27H34N4O2. The van der Waals surface area contributed by atoms with Crippen molar-refractivity contribution in [2.24, 2.45) is 0 Å². The Hall–Kier alpha value is -2.54. The average molecular weight is 447 g/mol. The summed E-state index contributed by atoms with van der Waals surface area (Å²) in [6.45, 7) is 12.6. The normalized spacial score (nSPS) is 19.6. The quantitative estimate of drug-likeness (QED) is 0.706. The molecule has 174 valence electrons. The number of piperazine rings is 1. The van der Waals surface area contributed by atoms with Gasteiger partial charge in [0.25, 0.3) is 5.91 Å². The molecular weight excluding hydrogens is 412 g/mol. The number of ether oxygens (including phenoxy) is 1. The molecule has 2 aromatic rings. The number of nitrogens with zero attached hydrogens (tertiary/aromatic N) is 4. The maximum atomic E-state index is 13.0. The number of carbonyl (C=O) groups is 1.